The summed E-state index contributed by atoms with van der Waals surface area (Å²) in [6.45, 7) is 0.260. The largest absolute Gasteiger partial charge is 0.467 e. The van der Waals surface area contributed by atoms with Gasteiger partial charge in [0.1, 0.15) is 6.61 Å². The second-order valence-electron chi connectivity index (χ2n) is 2.66. The van der Waals surface area contributed by atoms with Crippen LogP contribution in [0.15, 0.2) is 24.3 Å². The molecule has 14 heavy (non-hydrogen) atoms. The van der Waals surface area contributed by atoms with E-state index in [0.717, 1.165) is 5.56 Å². The summed E-state index contributed by atoms with van der Waals surface area (Å²) in [5, 5.41) is 0.636. The van der Waals surface area contributed by atoms with Gasteiger partial charge in [-0.25, -0.2) is 4.79 Å². The van der Waals surface area contributed by atoms with Gasteiger partial charge < -0.3 is 9.47 Å². The SMILES string of the molecule is COC(=O)COCc1ccccc1Cl. The van der Waals surface area contributed by atoms with E-state index in [9.17, 15) is 4.79 Å². The van der Waals surface area contributed by atoms with E-state index in [2.05, 4.69) is 4.74 Å². The highest BCUT2D eigenvalue weighted by Gasteiger charge is 2.02. The highest BCUT2D eigenvalue weighted by Crippen LogP contribution is 2.15. The molecule has 0 radical (unpaired) electrons. The molecule has 0 unspecified atom stereocenters. The quantitative estimate of drug-likeness (QED) is 0.720. The lowest BCUT2D eigenvalue weighted by Crippen LogP contribution is -2.10. The molecule has 1 rings (SSSR count). The molecular weight excluding hydrogens is 204 g/mol. The number of rotatable bonds is 4. The molecule has 0 atom stereocenters. The fraction of sp³-hybridized carbons (Fsp3) is 0.300. The van der Waals surface area contributed by atoms with Crippen LogP contribution in [-0.4, -0.2) is 19.7 Å². The Balaban J connectivity index is 2.39. The molecular formula is C10H11ClO3. The summed E-state index contributed by atoms with van der Waals surface area (Å²) in [6.07, 6.45) is 0. The first-order chi connectivity index (χ1) is 6.74. The van der Waals surface area contributed by atoms with E-state index >= 15 is 0 Å². The molecule has 0 aliphatic heterocycles. The molecule has 0 saturated carbocycles. The van der Waals surface area contributed by atoms with E-state index < -0.39 is 5.97 Å². The summed E-state index contributed by atoms with van der Waals surface area (Å²) in [5.74, 6) is -0.392. The summed E-state index contributed by atoms with van der Waals surface area (Å²) in [6, 6.07) is 7.33. The molecule has 0 saturated heterocycles. The molecule has 0 fully saturated rings. The zero-order valence-corrected chi connectivity index (χ0v) is 8.58. The summed E-state index contributed by atoms with van der Waals surface area (Å²) in [7, 11) is 1.32. The molecule has 4 heteroatoms. The third-order valence-corrected chi connectivity index (χ3v) is 2.03. The van der Waals surface area contributed by atoms with Gasteiger partial charge in [-0.05, 0) is 11.6 Å². The Labute approximate surface area is 87.6 Å². The second-order valence-corrected chi connectivity index (χ2v) is 3.07. The van der Waals surface area contributed by atoms with E-state index in [1.807, 2.05) is 18.2 Å². The maximum Gasteiger partial charge on any atom is 0.331 e. The molecule has 1 aromatic rings. The van der Waals surface area contributed by atoms with Crippen LogP contribution in [0.5, 0.6) is 0 Å². The average Bonchev–Trinajstić information content (AvgIpc) is 2.20. The Kier molecular flexibility index (Phi) is 4.43. The summed E-state index contributed by atoms with van der Waals surface area (Å²) >= 11 is 5.88. The maximum absolute atomic E-state index is 10.7. The second kappa shape index (κ2) is 5.62. The minimum Gasteiger partial charge on any atom is -0.467 e. The molecule has 0 aromatic heterocycles. The molecule has 0 bridgehead atoms. The van der Waals surface area contributed by atoms with Crippen LogP contribution in [0.2, 0.25) is 5.02 Å². The molecule has 0 N–H and O–H groups in total. The van der Waals surface area contributed by atoms with Gasteiger partial charge in [-0.15, -0.1) is 0 Å². The van der Waals surface area contributed by atoms with Gasteiger partial charge in [-0.1, -0.05) is 29.8 Å². The molecule has 0 amide bonds. The number of ether oxygens (including phenoxy) is 2. The summed E-state index contributed by atoms with van der Waals surface area (Å²) < 4.78 is 9.52. The van der Waals surface area contributed by atoms with E-state index in [0.29, 0.717) is 11.6 Å². The Bertz CT molecular complexity index is 312. The Morgan fingerprint density at radius 1 is 1.43 bits per heavy atom. The maximum atomic E-state index is 10.7. The van der Waals surface area contributed by atoms with Gasteiger partial charge in [-0.3, -0.25) is 0 Å². The molecule has 0 aliphatic carbocycles. The minimum absolute atomic E-state index is 0.0538. The predicted molar refractivity (Wildman–Crippen MR) is 53.1 cm³/mol. The molecule has 0 spiro atoms. The lowest BCUT2D eigenvalue weighted by atomic mass is 10.2. The lowest BCUT2D eigenvalue weighted by Gasteiger charge is -2.04. The van der Waals surface area contributed by atoms with Crippen molar-refractivity contribution in [1.82, 2.24) is 0 Å². The minimum atomic E-state index is -0.392. The topological polar surface area (TPSA) is 35.5 Å². The van der Waals surface area contributed by atoms with Gasteiger partial charge >= 0.3 is 5.97 Å². The number of carbonyl (C=O) groups is 1. The zero-order valence-electron chi connectivity index (χ0n) is 7.83. The van der Waals surface area contributed by atoms with Gasteiger partial charge in [0.05, 0.1) is 13.7 Å². The van der Waals surface area contributed by atoms with Gasteiger partial charge in [0.15, 0.2) is 0 Å². The number of hydrogen-bond acceptors (Lipinski definition) is 3. The van der Waals surface area contributed by atoms with E-state index in [1.165, 1.54) is 7.11 Å². The molecule has 1 aromatic carbocycles. The van der Waals surface area contributed by atoms with Crippen LogP contribution in [0.3, 0.4) is 0 Å². The van der Waals surface area contributed by atoms with Crippen LogP contribution in [0, 0.1) is 0 Å². The van der Waals surface area contributed by atoms with E-state index in [4.69, 9.17) is 16.3 Å². The molecule has 0 aliphatic rings. The average molecular weight is 215 g/mol. The summed E-state index contributed by atoms with van der Waals surface area (Å²) in [5.41, 5.74) is 0.859. The van der Waals surface area contributed by atoms with Crippen molar-refractivity contribution in [3.63, 3.8) is 0 Å². The number of hydrogen-bond donors (Lipinski definition) is 0. The first-order valence-corrected chi connectivity index (χ1v) is 4.50. The number of carbonyl (C=O) groups excluding carboxylic acids is 1. The fourth-order valence-corrected chi connectivity index (χ4v) is 1.11. The van der Waals surface area contributed by atoms with Crippen molar-refractivity contribution >= 4 is 17.6 Å². The van der Waals surface area contributed by atoms with Crippen molar-refractivity contribution < 1.29 is 14.3 Å². The monoisotopic (exact) mass is 214 g/mol. The third kappa shape index (κ3) is 3.36. The van der Waals surface area contributed by atoms with E-state index in [-0.39, 0.29) is 6.61 Å². The standard InChI is InChI=1S/C10H11ClO3/c1-13-10(12)7-14-6-8-4-2-3-5-9(8)11/h2-5H,6-7H2,1H3. The van der Waals surface area contributed by atoms with Crippen molar-refractivity contribution in [2.24, 2.45) is 0 Å². The van der Waals surface area contributed by atoms with Crippen LogP contribution in [0.25, 0.3) is 0 Å². The van der Waals surface area contributed by atoms with Crippen molar-refractivity contribution in [3.05, 3.63) is 34.9 Å². The van der Waals surface area contributed by atoms with Gasteiger partial charge in [0.25, 0.3) is 0 Å². The predicted octanol–water partition coefficient (Wildman–Crippen LogP) is 2.03. The van der Waals surface area contributed by atoms with Crippen molar-refractivity contribution in [2.45, 2.75) is 6.61 Å². The van der Waals surface area contributed by atoms with Crippen LogP contribution < -0.4 is 0 Å². The van der Waals surface area contributed by atoms with Gasteiger partial charge in [-0.2, -0.15) is 0 Å². The van der Waals surface area contributed by atoms with Gasteiger partial charge in [0, 0.05) is 5.02 Å². The number of benzene rings is 1. The van der Waals surface area contributed by atoms with Crippen molar-refractivity contribution in [1.29, 1.82) is 0 Å². The lowest BCUT2D eigenvalue weighted by molar-refractivity contribution is -0.146. The van der Waals surface area contributed by atoms with Crippen LogP contribution in [0.1, 0.15) is 5.56 Å². The van der Waals surface area contributed by atoms with Crippen LogP contribution in [-0.2, 0) is 20.9 Å². The number of methoxy groups -OCH3 is 1. The Hall–Kier alpha value is -1.06. The third-order valence-electron chi connectivity index (χ3n) is 1.66. The molecule has 3 nitrogen and oxygen atoms in total. The van der Waals surface area contributed by atoms with E-state index in [1.54, 1.807) is 6.07 Å². The number of esters is 1. The van der Waals surface area contributed by atoms with Crippen molar-refractivity contribution in [3.8, 4) is 0 Å². The number of halogens is 1. The Morgan fingerprint density at radius 3 is 2.79 bits per heavy atom. The normalized spacial score (nSPS) is 9.86. The van der Waals surface area contributed by atoms with Crippen molar-refractivity contribution in [2.75, 3.05) is 13.7 Å². The van der Waals surface area contributed by atoms with Crippen LogP contribution >= 0.6 is 11.6 Å². The molecule has 0 heterocycles. The Morgan fingerprint density at radius 2 is 2.14 bits per heavy atom. The highest BCUT2D eigenvalue weighted by atomic mass is 35.5. The van der Waals surface area contributed by atoms with Crippen LogP contribution in [0.4, 0.5) is 0 Å². The fourth-order valence-electron chi connectivity index (χ4n) is 0.919. The smallest absolute Gasteiger partial charge is 0.331 e. The molecule has 76 valence electrons. The highest BCUT2D eigenvalue weighted by molar-refractivity contribution is 6.31. The first kappa shape index (κ1) is 11.0. The zero-order chi connectivity index (χ0) is 10.4. The first-order valence-electron chi connectivity index (χ1n) is 4.12. The van der Waals surface area contributed by atoms with Gasteiger partial charge in [0.2, 0.25) is 0 Å². The summed E-state index contributed by atoms with van der Waals surface area (Å²) in [4.78, 5) is 10.7.